The van der Waals surface area contributed by atoms with E-state index in [9.17, 15) is 9.18 Å². The predicted octanol–water partition coefficient (Wildman–Crippen LogP) is 4.08. The van der Waals surface area contributed by atoms with Gasteiger partial charge in [-0.3, -0.25) is 4.79 Å². The smallest absolute Gasteiger partial charge is 0.253 e. The van der Waals surface area contributed by atoms with Crippen LogP contribution in [0, 0.1) is 19.7 Å². The molecule has 0 atom stereocenters. The van der Waals surface area contributed by atoms with Gasteiger partial charge in [0.1, 0.15) is 5.82 Å². The number of rotatable bonds is 5. The van der Waals surface area contributed by atoms with Crippen molar-refractivity contribution in [1.29, 1.82) is 0 Å². The van der Waals surface area contributed by atoms with Crippen LogP contribution in [0.15, 0.2) is 55.1 Å². The Hall–Kier alpha value is -3.41. The molecule has 1 amide bonds. The number of carbonyl (C=O) groups is 1. The van der Waals surface area contributed by atoms with Gasteiger partial charge < -0.3 is 14.9 Å². The fraction of sp³-hybridized carbons (Fsp3) is 0.182. The minimum absolute atomic E-state index is 0.148. The third-order valence-electron chi connectivity index (χ3n) is 5.02. The Bertz CT molecular complexity index is 1150. The molecule has 4 rings (SSSR count). The number of nitrogens with zero attached hydrogens (tertiary/aromatic N) is 2. The Labute approximate surface area is 162 Å². The van der Waals surface area contributed by atoms with E-state index >= 15 is 0 Å². The van der Waals surface area contributed by atoms with E-state index in [1.54, 1.807) is 30.9 Å². The van der Waals surface area contributed by atoms with E-state index in [-0.39, 0.29) is 11.7 Å². The van der Waals surface area contributed by atoms with Crippen molar-refractivity contribution in [3.63, 3.8) is 0 Å². The SMILES string of the molecule is Cc1[nH]c2c(F)ccc(C)c2c1CCNC(=O)c1ccccc1-n1ccnc1. The van der Waals surface area contributed by atoms with E-state index in [1.165, 1.54) is 6.07 Å². The Morgan fingerprint density at radius 2 is 2.04 bits per heavy atom. The molecule has 2 aromatic heterocycles. The normalized spacial score (nSPS) is 11.1. The van der Waals surface area contributed by atoms with Gasteiger partial charge in [0, 0.05) is 30.0 Å². The molecule has 28 heavy (non-hydrogen) atoms. The summed E-state index contributed by atoms with van der Waals surface area (Å²) in [5.41, 5.74) is 4.88. The first kappa shape index (κ1) is 18.0. The van der Waals surface area contributed by atoms with Crippen LogP contribution in [0.25, 0.3) is 16.6 Å². The highest BCUT2D eigenvalue weighted by atomic mass is 19.1. The highest BCUT2D eigenvalue weighted by molar-refractivity contribution is 5.97. The van der Waals surface area contributed by atoms with Crippen LogP contribution in [-0.2, 0) is 6.42 Å². The molecule has 2 heterocycles. The molecule has 5 nitrogen and oxygen atoms in total. The summed E-state index contributed by atoms with van der Waals surface area (Å²) in [6.45, 7) is 4.36. The van der Waals surface area contributed by atoms with Crippen LogP contribution < -0.4 is 5.32 Å². The minimum Gasteiger partial charge on any atom is -0.356 e. The third-order valence-corrected chi connectivity index (χ3v) is 5.02. The molecule has 0 saturated carbocycles. The standard InChI is InChI=1S/C22H21FN4O/c1-14-7-8-18(23)21-20(14)16(15(2)26-21)9-10-25-22(28)17-5-3-4-6-19(17)27-12-11-24-13-27/h3-8,11-13,26H,9-10H2,1-2H3,(H,25,28). The third kappa shape index (κ3) is 3.17. The van der Waals surface area contributed by atoms with Crippen LogP contribution in [-0.4, -0.2) is 27.0 Å². The van der Waals surface area contributed by atoms with Crippen molar-refractivity contribution in [2.75, 3.05) is 6.54 Å². The van der Waals surface area contributed by atoms with Gasteiger partial charge in [0.15, 0.2) is 0 Å². The zero-order valence-corrected chi connectivity index (χ0v) is 15.8. The van der Waals surface area contributed by atoms with Crippen LogP contribution in [0.4, 0.5) is 4.39 Å². The highest BCUT2D eigenvalue weighted by Gasteiger charge is 2.15. The Kier molecular flexibility index (Phi) is 4.69. The molecule has 0 aliphatic heterocycles. The van der Waals surface area contributed by atoms with Crippen molar-refractivity contribution in [2.24, 2.45) is 0 Å². The summed E-state index contributed by atoms with van der Waals surface area (Å²) in [5.74, 6) is -0.405. The maximum Gasteiger partial charge on any atom is 0.253 e. The van der Waals surface area contributed by atoms with Gasteiger partial charge in [0.25, 0.3) is 5.91 Å². The van der Waals surface area contributed by atoms with Gasteiger partial charge in [-0.05, 0) is 49.6 Å². The van der Waals surface area contributed by atoms with E-state index in [0.717, 1.165) is 27.9 Å². The number of para-hydroxylation sites is 1. The quantitative estimate of drug-likeness (QED) is 0.551. The molecule has 4 aromatic rings. The molecule has 0 saturated heterocycles. The monoisotopic (exact) mass is 376 g/mol. The minimum atomic E-state index is -0.256. The largest absolute Gasteiger partial charge is 0.356 e. The van der Waals surface area contributed by atoms with E-state index in [4.69, 9.17) is 0 Å². The molecule has 0 bridgehead atoms. The summed E-state index contributed by atoms with van der Waals surface area (Å²) < 4.78 is 15.9. The summed E-state index contributed by atoms with van der Waals surface area (Å²) in [7, 11) is 0. The molecule has 6 heteroatoms. The van der Waals surface area contributed by atoms with Gasteiger partial charge in [-0.15, -0.1) is 0 Å². The second-order valence-electron chi connectivity index (χ2n) is 6.84. The van der Waals surface area contributed by atoms with E-state index in [2.05, 4.69) is 15.3 Å². The summed E-state index contributed by atoms with van der Waals surface area (Å²) in [4.78, 5) is 19.9. The number of nitrogens with one attached hydrogen (secondary N) is 2. The summed E-state index contributed by atoms with van der Waals surface area (Å²) in [5, 5.41) is 3.89. The average Bonchev–Trinajstić information content (AvgIpc) is 3.34. The number of halogens is 1. The fourth-order valence-electron chi connectivity index (χ4n) is 3.64. The Morgan fingerprint density at radius 3 is 2.82 bits per heavy atom. The number of amides is 1. The van der Waals surface area contributed by atoms with Gasteiger partial charge in [-0.25, -0.2) is 9.37 Å². The van der Waals surface area contributed by atoms with E-state index in [0.29, 0.717) is 24.0 Å². The van der Waals surface area contributed by atoms with Crippen molar-refractivity contribution < 1.29 is 9.18 Å². The Balaban J connectivity index is 1.53. The first-order chi connectivity index (χ1) is 13.6. The number of carbonyl (C=O) groups excluding carboxylic acids is 1. The first-order valence-corrected chi connectivity index (χ1v) is 9.18. The number of imidazole rings is 1. The predicted molar refractivity (Wildman–Crippen MR) is 107 cm³/mol. The lowest BCUT2D eigenvalue weighted by Gasteiger charge is -2.11. The summed E-state index contributed by atoms with van der Waals surface area (Å²) >= 11 is 0. The number of aromatic nitrogens is 3. The van der Waals surface area contributed by atoms with Crippen LogP contribution in [0.2, 0.25) is 0 Å². The van der Waals surface area contributed by atoms with Gasteiger partial charge in [-0.1, -0.05) is 18.2 Å². The second kappa shape index (κ2) is 7.31. The molecule has 0 radical (unpaired) electrons. The highest BCUT2D eigenvalue weighted by Crippen LogP contribution is 2.27. The van der Waals surface area contributed by atoms with Crippen molar-refractivity contribution in [1.82, 2.24) is 19.9 Å². The molecule has 2 N–H and O–H groups in total. The van der Waals surface area contributed by atoms with Gasteiger partial charge >= 0.3 is 0 Å². The lowest BCUT2D eigenvalue weighted by molar-refractivity contribution is 0.0954. The molecule has 142 valence electrons. The van der Waals surface area contributed by atoms with Gasteiger partial charge in [-0.2, -0.15) is 0 Å². The van der Waals surface area contributed by atoms with Crippen molar-refractivity contribution in [2.45, 2.75) is 20.3 Å². The molecular formula is C22H21FN4O. The number of aryl methyl sites for hydroxylation is 2. The number of H-pyrrole nitrogens is 1. The number of hydrogen-bond donors (Lipinski definition) is 2. The second-order valence-corrected chi connectivity index (χ2v) is 6.84. The van der Waals surface area contributed by atoms with Crippen LogP contribution in [0.3, 0.4) is 0 Å². The number of aromatic amines is 1. The van der Waals surface area contributed by atoms with Crippen LogP contribution >= 0.6 is 0 Å². The topological polar surface area (TPSA) is 62.7 Å². The van der Waals surface area contributed by atoms with E-state index < -0.39 is 0 Å². The number of benzene rings is 2. The lowest BCUT2D eigenvalue weighted by atomic mass is 10.0. The average molecular weight is 376 g/mol. The lowest BCUT2D eigenvalue weighted by Crippen LogP contribution is -2.26. The van der Waals surface area contributed by atoms with Gasteiger partial charge in [0.2, 0.25) is 0 Å². The maximum absolute atomic E-state index is 14.1. The summed E-state index contributed by atoms with van der Waals surface area (Å²) in [6.07, 6.45) is 5.77. The molecule has 0 aliphatic carbocycles. The molecular weight excluding hydrogens is 355 g/mol. The zero-order chi connectivity index (χ0) is 19.7. The number of fused-ring (bicyclic) bond motifs is 1. The first-order valence-electron chi connectivity index (χ1n) is 9.18. The molecule has 0 spiro atoms. The molecule has 2 aromatic carbocycles. The van der Waals surface area contributed by atoms with Crippen molar-refractivity contribution >= 4 is 16.8 Å². The van der Waals surface area contributed by atoms with Crippen molar-refractivity contribution in [3.05, 3.63) is 83.3 Å². The van der Waals surface area contributed by atoms with Crippen molar-refractivity contribution in [3.8, 4) is 5.69 Å². The molecule has 0 fully saturated rings. The molecule has 0 unspecified atom stereocenters. The van der Waals surface area contributed by atoms with Crippen LogP contribution in [0.5, 0.6) is 0 Å². The number of hydrogen-bond acceptors (Lipinski definition) is 2. The van der Waals surface area contributed by atoms with Gasteiger partial charge in [0.05, 0.1) is 23.1 Å². The van der Waals surface area contributed by atoms with Crippen LogP contribution in [0.1, 0.15) is 27.2 Å². The molecule has 0 aliphatic rings. The van der Waals surface area contributed by atoms with E-state index in [1.807, 2.05) is 36.6 Å². The fourth-order valence-corrected chi connectivity index (χ4v) is 3.64. The summed E-state index contributed by atoms with van der Waals surface area (Å²) in [6, 6.07) is 10.7. The Morgan fingerprint density at radius 1 is 1.21 bits per heavy atom. The maximum atomic E-state index is 14.1. The zero-order valence-electron chi connectivity index (χ0n) is 15.8.